The molecule has 1 N–H and O–H groups in total. The molecule has 3 aromatic rings. The summed E-state index contributed by atoms with van der Waals surface area (Å²) >= 11 is 1.47. The third-order valence-electron chi connectivity index (χ3n) is 4.57. The molecule has 2 aromatic heterocycles. The lowest BCUT2D eigenvalue weighted by atomic mass is 9.99. The van der Waals surface area contributed by atoms with Gasteiger partial charge in [-0.05, 0) is 13.8 Å². The number of anilines is 1. The molecule has 3 heterocycles. The summed E-state index contributed by atoms with van der Waals surface area (Å²) in [7, 11) is 0. The molecule has 0 saturated heterocycles. The van der Waals surface area contributed by atoms with E-state index in [0.717, 1.165) is 28.4 Å². The second-order valence-electron chi connectivity index (χ2n) is 6.55. The Morgan fingerprint density at radius 2 is 2.04 bits per heavy atom. The number of amides is 2. The molecule has 2 amide bonds. The van der Waals surface area contributed by atoms with Crippen molar-refractivity contribution in [3.8, 4) is 11.5 Å². The zero-order valence-corrected chi connectivity index (χ0v) is 15.7. The number of urea groups is 1. The second kappa shape index (κ2) is 6.93. The van der Waals surface area contributed by atoms with Gasteiger partial charge in [0.15, 0.2) is 23.2 Å². The Balaban J connectivity index is 1.58. The lowest BCUT2D eigenvalue weighted by Gasteiger charge is -2.32. The summed E-state index contributed by atoms with van der Waals surface area (Å²) in [5, 5.41) is 9.23. The second-order valence-corrected chi connectivity index (χ2v) is 7.62. The van der Waals surface area contributed by atoms with Crippen molar-refractivity contribution in [2.75, 3.05) is 5.32 Å². The quantitative estimate of drug-likeness (QED) is 0.634. The van der Waals surface area contributed by atoms with E-state index in [2.05, 4.69) is 15.5 Å². The highest BCUT2D eigenvalue weighted by molar-refractivity contribution is 7.09. The Morgan fingerprint density at radius 3 is 2.68 bits per heavy atom. The van der Waals surface area contributed by atoms with Crippen molar-refractivity contribution in [3.63, 3.8) is 0 Å². The van der Waals surface area contributed by atoms with Crippen molar-refractivity contribution in [1.29, 1.82) is 0 Å². The highest BCUT2D eigenvalue weighted by Gasteiger charge is 2.33. The van der Waals surface area contributed by atoms with Gasteiger partial charge < -0.3 is 14.7 Å². The molecule has 1 aliphatic rings. The molecule has 0 bridgehead atoms. The first-order valence-electron chi connectivity index (χ1n) is 8.45. The maximum atomic E-state index is 13.4. The van der Waals surface area contributed by atoms with Crippen molar-refractivity contribution in [2.24, 2.45) is 0 Å². The summed E-state index contributed by atoms with van der Waals surface area (Å²) in [5.74, 6) is -3.82. The van der Waals surface area contributed by atoms with E-state index in [4.69, 9.17) is 4.52 Å². The van der Waals surface area contributed by atoms with Crippen molar-refractivity contribution < 1.29 is 22.5 Å². The van der Waals surface area contributed by atoms with Crippen LogP contribution in [0.4, 0.5) is 23.7 Å². The number of nitrogens with zero attached hydrogens (tertiary/aromatic N) is 3. The molecule has 1 atom stereocenters. The van der Waals surface area contributed by atoms with E-state index in [0.29, 0.717) is 17.9 Å². The van der Waals surface area contributed by atoms with E-state index in [-0.39, 0.29) is 18.3 Å². The largest absolute Gasteiger partial charge is 0.354 e. The molecule has 0 radical (unpaired) electrons. The van der Waals surface area contributed by atoms with Gasteiger partial charge in [-0.15, -0.1) is 11.3 Å². The minimum atomic E-state index is -1.58. The van der Waals surface area contributed by atoms with Crippen molar-refractivity contribution in [1.82, 2.24) is 15.0 Å². The number of nitrogens with one attached hydrogen (secondary N) is 1. The summed E-state index contributed by atoms with van der Waals surface area (Å²) in [5.41, 5.74) is 1.97. The van der Waals surface area contributed by atoms with E-state index in [9.17, 15) is 18.0 Å². The normalized spacial score (nSPS) is 16.2. The number of benzene rings is 1. The lowest BCUT2D eigenvalue weighted by Crippen LogP contribution is -2.44. The van der Waals surface area contributed by atoms with Crippen LogP contribution in [0.5, 0.6) is 0 Å². The first-order chi connectivity index (χ1) is 13.3. The molecule has 0 unspecified atom stereocenters. The molecule has 10 heteroatoms. The number of aromatic nitrogens is 2. The molecular weight excluding hydrogens is 393 g/mol. The molecule has 0 saturated carbocycles. The summed E-state index contributed by atoms with van der Waals surface area (Å²) in [6.07, 6.45) is 0.460. The van der Waals surface area contributed by atoms with E-state index in [1.807, 2.05) is 19.2 Å². The third kappa shape index (κ3) is 3.24. The Kier molecular flexibility index (Phi) is 4.58. The minimum absolute atomic E-state index is 0.167. The molecular formula is C18H15F3N4O2S. The molecule has 146 valence electrons. The van der Waals surface area contributed by atoms with Gasteiger partial charge in [-0.25, -0.2) is 22.9 Å². The molecule has 1 aromatic carbocycles. The van der Waals surface area contributed by atoms with Gasteiger partial charge in [0.25, 0.3) is 0 Å². The Labute approximate surface area is 162 Å². The topological polar surface area (TPSA) is 71.3 Å². The molecule has 6 nitrogen and oxygen atoms in total. The molecule has 0 aliphatic carbocycles. The van der Waals surface area contributed by atoms with Crippen molar-refractivity contribution in [2.45, 2.75) is 32.9 Å². The SMILES string of the molecule is Cc1nc(-c2onc3c2CN(C(=O)Nc2cc(F)c(F)c(F)c2)[C@@H](C)C3)cs1. The Bertz CT molecular complexity index is 1040. The standard InChI is InChI=1S/C18H15F3N4O2S/c1-8-3-14-11(17(27-24-14)15-7-28-9(2)22-15)6-25(8)18(26)23-10-4-12(19)16(21)13(20)5-10/h4-5,7-8H,3,6H2,1-2H3,(H,23,26)/t8-/m0/s1. The number of thiazole rings is 1. The van der Waals surface area contributed by atoms with Gasteiger partial charge in [0, 0.05) is 41.2 Å². The first-order valence-corrected chi connectivity index (χ1v) is 9.33. The molecule has 1 aliphatic heterocycles. The Hall–Kier alpha value is -2.88. The maximum Gasteiger partial charge on any atom is 0.322 e. The summed E-state index contributed by atoms with van der Waals surface area (Å²) in [6.45, 7) is 3.90. The van der Waals surface area contributed by atoms with Crippen LogP contribution in [-0.4, -0.2) is 27.1 Å². The van der Waals surface area contributed by atoms with Crippen LogP contribution in [0.2, 0.25) is 0 Å². The van der Waals surface area contributed by atoms with Gasteiger partial charge in [0.05, 0.1) is 17.2 Å². The minimum Gasteiger partial charge on any atom is -0.354 e. The predicted molar refractivity (Wildman–Crippen MR) is 96.4 cm³/mol. The predicted octanol–water partition coefficient (Wildman–Crippen LogP) is 4.50. The van der Waals surface area contributed by atoms with Crippen molar-refractivity contribution in [3.05, 3.63) is 51.2 Å². The number of carbonyl (C=O) groups excluding carboxylic acids is 1. The summed E-state index contributed by atoms with van der Waals surface area (Å²) < 4.78 is 45.4. The highest BCUT2D eigenvalue weighted by Crippen LogP contribution is 2.33. The lowest BCUT2D eigenvalue weighted by molar-refractivity contribution is 0.182. The number of halogens is 3. The average molecular weight is 408 g/mol. The number of aryl methyl sites for hydroxylation is 1. The number of carbonyl (C=O) groups is 1. The van der Waals surface area contributed by atoms with Crippen LogP contribution in [0.1, 0.15) is 23.2 Å². The van der Waals surface area contributed by atoms with Crippen LogP contribution >= 0.6 is 11.3 Å². The summed E-state index contributed by atoms with van der Waals surface area (Å²) in [6, 6.07) is 0.682. The number of hydrogen-bond acceptors (Lipinski definition) is 5. The smallest absolute Gasteiger partial charge is 0.322 e. The summed E-state index contributed by atoms with van der Waals surface area (Å²) in [4.78, 5) is 18.6. The van der Waals surface area contributed by atoms with Crippen molar-refractivity contribution >= 4 is 23.1 Å². The van der Waals surface area contributed by atoms with Crippen LogP contribution in [-0.2, 0) is 13.0 Å². The zero-order chi connectivity index (χ0) is 20.0. The van der Waals surface area contributed by atoms with Gasteiger partial charge in [-0.2, -0.15) is 0 Å². The van der Waals surface area contributed by atoms with Gasteiger partial charge in [0.2, 0.25) is 0 Å². The van der Waals surface area contributed by atoms with Crippen LogP contribution < -0.4 is 5.32 Å². The number of fused-ring (bicyclic) bond motifs is 1. The van der Waals surface area contributed by atoms with E-state index >= 15 is 0 Å². The van der Waals surface area contributed by atoms with Crippen LogP contribution in [0.3, 0.4) is 0 Å². The highest BCUT2D eigenvalue weighted by atomic mass is 32.1. The monoisotopic (exact) mass is 408 g/mol. The Morgan fingerprint density at radius 1 is 1.32 bits per heavy atom. The van der Waals surface area contributed by atoms with Gasteiger partial charge in [0.1, 0.15) is 5.69 Å². The van der Waals surface area contributed by atoms with E-state index in [1.165, 1.54) is 16.2 Å². The van der Waals surface area contributed by atoms with E-state index in [1.54, 1.807) is 0 Å². The third-order valence-corrected chi connectivity index (χ3v) is 5.34. The fraction of sp³-hybridized carbons (Fsp3) is 0.278. The molecule has 4 rings (SSSR count). The first kappa shape index (κ1) is 18.5. The van der Waals surface area contributed by atoms with Crippen LogP contribution in [0, 0.1) is 24.4 Å². The zero-order valence-electron chi connectivity index (χ0n) is 14.9. The van der Waals surface area contributed by atoms with Gasteiger partial charge >= 0.3 is 6.03 Å². The average Bonchev–Trinajstić information content (AvgIpc) is 3.24. The van der Waals surface area contributed by atoms with Crippen LogP contribution in [0.15, 0.2) is 22.0 Å². The molecule has 28 heavy (non-hydrogen) atoms. The van der Waals surface area contributed by atoms with Gasteiger partial charge in [-0.1, -0.05) is 5.16 Å². The van der Waals surface area contributed by atoms with Gasteiger partial charge in [-0.3, -0.25) is 0 Å². The number of rotatable bonds is 2. The fourth-order valence-corrected chi connectivity index (χ4v) is 3.74. The van der Waals surface area contributed by atoms with Crippen LogP contribution in [0.25, 0.3) is 11.5 Å². The molecule has 0 spiro atoms. The maximum absolute atomic E-state index is 13.4. The molecule has 0 fully saturated rings. The van der Waals surface area contributed by atoms with E-state index < -0.39 is 23.5 Å². The number of hydrogen-bond donors (Lipinski definition) is 1. The fourth-order valence-electron chi connectivity index (χ4n) is 3.15.